The van der Waals surface area contributed by atoms with Crippen molar-refractivity contribution in [1.82, 2.24) is 15.1 Å². The van der Waals surface area contributed by atoms with E-state index in [1.54, 1.807) is 13.8 Å². The van der Waals surface area contributed by atoms with Crippen LogP contribution in [-0.4, -0.2) is 41.4 Å². The minimum absolute atomic E-state index is 0.0662. The summed E-state index contributed by atoms with van der Waals surface area (Å²) in [7, 11) is 0. The number of nitrogen functional groups attached to an aromatic ring is 1. The summed E-state index contributed by atoms with van der Waals surface area (Å²) in [6.45, 7) is 5.15. The Kier molecular flexibility index (Phi) is 4.39. The van der Waals surface area contributed by atoms with Crippen molar-refractivity contribution in [2.24, 2.45) is 5.92 Å². The SMILES string of the molecule is CCOC(=O)c1c(C)nn(C(=O)C2CCCNC2)c1N. The highest BCUT2D eigenvalue weighted by Crippen LogP contribution is 2.21. The lowest BCUT2D eigenvalue weighted by molar-refractivity contribution is 0.0527. The third-order valence-electron chi connectivity index (χ3n) is 3.43. The molecule has 1 aromatic rings. The number of carbonyl (C=O) groups excluding carboxylic acids is 2. The summed E-state index contributed by atoms with van der Waals surface area (Å²) in [5.41, 5.74) is 6.50. The first-order valence-electron chi connectivity index (χ1n) is 6.83. The predicted octanol–water partition coefficient (Wildman–Crippen LogP) is 0.590. The highest BCUT2D eigenvalue weighted by Gasteiger charge is 2.28. The molecule has 3 N–H and O–H groups in total. The van der Waals surface area contributed by atoms with Crippen LogP contribution in [0.5, 0.6) is 0 Å². The monoisotopic (exact) mass is 280 g/mol. The average molecular weight is 280 g/mol. The van der Waals surface area contributed by atoms with E-state index in [-0.39, 0.29) is 29.8 Å². The summed E-state index contributed by atoms with van der Waals surface area (Å²) in [5.74, 6) is -0.798. The second kappa shape index (κ2) is 6.04. The fraction of sp³-hybridized carbons (Fsp3) is 0.615. The van der Waals surface area contributed by atoms with Crippen molar-refractivity contribution in [3.05, 3.63) is 11.3 Å². The van der Waals surface area contributed by atoms with Gasteiger partial charge in [-0.15, -0.1) is 0 Å². The molecule has 7 heteroatoms. The first-order valence-corrected chi connectivity index (χ1v) is 6.83. The van der Waals surface area contributed by atoms with Gasteiger partial charge < -0.3 is 15.8 Å². The standard InChI is InChI=1S/C13H20N4O3/c1-3-20-13(19)10-8(2)16-17(11(10)14)12(18)9-5-4-6-15-7-9/h9,15H,3-7,14H2,1-2H3. The quantitative estimate of drug-likeness (QED) is 0.786. The number of hydrogen-bond acceptors (Lipinski definition) is 6. The van der Waals surface area contributed by atoms with Crippen LogP contribution in [0.1, 0.15) is 40.6 Å². The van der Waals surface area contributed by atoms with Crippen molar-refractivity contribution in [2.45, 2.75) is 26.7 Å². The second-order valence-corrected chi connectivity index (χ2v) is 4.86. The van der Waals surface area contributed by atoms with Crippen LogP contribution in [0.25, 0.3) is 0 Å². The van der Waals surface area contributed by atoms with Gasteiger partial charge in [0.05, 0.1) is 18.2 Å². The van der Waals surface area contributed by atoms with Crippen LogP contribution in [0.2, 0.25) is 0 Å². The number of anilines is 1. The topological polar surface area (TPSA) is 99.2 Å². The van der Waals surface area contributed by atoms with Crippen molar-refractivity contribution in [2.75, 3.05) is 25.4 Å². The molecule has 1 unspecified atom stereocenters. The van der Waals surface area contributed by atoms with E-state index in [1.165, 1.54) is 0 Å². The van der Waals surface area contributed by atoms with Crippen LogP contribution in [0.3, 0.4) is 0 Å². The highest BCUT2D eigenvalue weighted by atomic mass is 16.5. The maximum absolute atomic E-state index is 12.4. The molecule has 2 heterocycles. The first kappa shape index (κ1) is 14.5. The zero-order chi connectivity index (χ0) is 14.7. The van der Waals surface area contributed by atoms with Crippen molar-refractivity contribution < 1.29 is 14.3 Å². The maximum Gasteiger partial charge on any atom is 0.343 e. The Morgan fingerprint density at radius 3 is 2.90 bits per heavy atom. The number of hydrogen-bond donors (Lipinski definition) is 2. The lowest BCUT2D eigenvalue weighted by Gasteiger charge is -2.21. The van der Waals surface area contributed by atoms with E-state index >= 15 is 0 Å². The minimum Gasteiger partial charge on any atom is -0.462 e. The second-order valence-electron chi connectivity index (χ2n) is 4.86. The zero-order valence-corrected chi connectivity index (χ0v) is 11.8. The molecule has 0 bridgehead atoms. The summed E-state index contributed by atoms with van der Waals surface area (Å²) in [5, 5.41) is 7.28. The Bertz CT molecular complexity index is 518. The summed E-state index contributed by atoms with van der Waals surface area (Å²) in [6.07, 6.45) is 1.75. The van der Waals surface area contributed by atoms with Crippen molar-refractivity contribution >= 4 is 17.7 Å². The van der Waals surface area contributed by atoms with Gasteiger partial charge in [0.2, 0.25) is 0 Å². The molecular formula is C13H20N4O3. The summed E-state index contributed by atoms with van der Waals surface area (Å²) >= 11 is 0. The van der Waals surface area contributed by atoms with E-state index in [0.29, 0.717) is 12.2 Å². The van der Waals surface area contributed by atoms with Gasteiger partial charge in [-0.25, -0.2) is 4.79 Å². The number of carbonyl (C=O) groups is 2. The molecule has 20 heavy (non-hydrogen) atoms. The van der Waals surface area contributed by atoms with Crippen LogP contribution in [0.4, 0.5) is 5.82 Å². The first-order chi connectivity index (χ1) is 9.56. The lowest BCUT2D eigenvalue weighted by Crippen LogP contribution is -2.37. The largest absolute Gasteiger partial charge is 0.462 e. The molecule has 110 valence electrons. The van der Waals surface area contributed by atoms with Crippen molar-refractivity contribution in [1.29, 1.82) is 0 Å². The van der Waals surface area contributed by atoms with Gasteiger partial charge in [-0.2, -0.15) is 9.78 Å². The smallest absolute Gasteiger partial charge is 0.343 e. The van der Waals surface area contributed by atoms with Gasteiger partial charge >= 0.3 is 5.97 Å². The van der Waals surface area contributed by atoms with Crippen molar-refractivity contribution in [3.8, 4) is 0 Å². The van der Waals surface area contributed by atoms with E-state index in [4.69, 9.17) is 10.5 Å². The van der Waals surface area contributed by atoms with Gasteiger partial charge in [0.25, 0.3) is 5.91 Å². The Balaban J connectivity index is 2.26. The molecule has 0 amide bonds. The van der Waals surface area contributed by atoms with E-state index in [0.717, 1.165) is 24.1 Å². The molecule has 0 radical (unpaired) electrons. The molecule has 2 rings (SSSR count). The molecule has 1 aliphatic rings. The predicted molar refractivity (Wildman–Crippen MR) is 73.6 cm³/mol. The van der Waals surface area contributed by atoms with Crippen LogP contribution < -0.4 is 11.1 Å². The molecule has 0 saturated carbocycles. The number of esters is 1. The number of nitrogens with one attached hydrogen (secondary N) is 1. The van der Waals surface area contributed by atoms with Crippen LogP contribution in [-0.2, 0) is 4.74 Å². The molecule has 1 aromatic heterocycles. The number of aromatic nitrogens is 2. The molecule has 0 aliphatic carbocycles. The van der Waals surface area contributed by atoms with Crippen LogP contribution in [0, 0.1) is 12.8 Å². The van der Waals surface area contributed by atoms with Crippen molar-refractivity contribution in [3.63, 3.8) is 0 Å². The van der Waals surface area contributed by atoms with Gasteiger partial charge in [0.15, 0.2) is 0 Å². The van der Waals surface area contributed by atoms with Gasteiger partial charge in [-0.05, 0) is 33.2 Å². The van der Waals surface area contributed by atoms with E-state index in [2.05, 4.69) is 10.4 Å². The molecule has 1 fully saturated rings. The Morgan fingerprint density at radius 2 is 2.30 bits per heavy atom. The average Bonchev–Trinajstić information content (AvgIpc) is 2.74. The molecular weight excluding hydrogens is 260 g/mol. The fourth-order valence-corrected chi connectivity index (χ4v) is 2.40. The molecule has 1 aliphatic heterocycles. The zero-order valence-electron chi connectivity index (χ0n) is 11.8. The van der Waals surface area contributed by atoms with E-state index in [1.807, 2.05) is 0 Å². The van der Waals surface area contributed by atoms with E-state index < -0.39 is 5.97 Å². The number of nitrogens with two attached hydrogens (primary N) is 1. The van der Waals surface area contributed by atoms with Gasteiger partial charge in [-0.1, -0.05) is 0 Å². The van der Waals surface area contributed by atoms with Gasteiger partial charge in [0.1, 0.15) is 11.4 Å². The molecule has 7 nitrogen and oxygen atoms in total. The summed E-state index contributed by atoms with van der Waals surface area (Å²) in [4.78, 5) is 24.2. The summed E-state index contributed by atoms with van der Waals surface area (Å²) in [6, 6.07) is 0. The number of nitrogens with zero attached hydrogens (tertiary/aromatic N) is 2. The lowest BCUT2D eigenvalue weighted by atomic mass is 9.99. The Morgan fingerprint density at radius 1 is 1.55 bits per heavy atom. The fourth-order valence-electron chi connectivity index (χ4n) is 2.40. The number of rotatable bonds is 3. The van der Waals surface area contributed by atoms with Crippen LogP contribution >= 0.6 is 0 Å². The molecule has 0 spiro atoms. The third-order valence-corrected chi connectivity index (χ3v) is 3.43. The third kappa shape index (κ3) is 2.67. The molecule has 0 aromatic carbocycles. The number of ether oxygens (including phenoxy) is 1. The maximum atomic E-state index is 12.4. The number of piperidine rings is 1. The van der Waals surface area contributed by atoms with Crippen LogP contribution in [0.15, 0.2) is 0 Å². The molecule has 1 saturated heterocycles. The summed E-state index contributed by atoms with van der Waals surface area (Å²) < 4.78 is 6.07. The number of aryl methyl sites for hydroxylation is 1. The Hall–Kier alpha value is -1.89. The van der Waals surface area contributed by atoms with Gasteiger partial charge in [0, 0.05) is 6.54 Å². The van der Waals surface area contributed by atoms with Gasteiger partial charge in [-0.3, -0.25) is 4.79 Å². The molecule has 1 atom stereocenters. The Labute approximate surface area is 117 Å². The highest BCUT2D eigenvalue weighted by molar-refractivity contribution is 5.98. The minimum atomic E-state index is -0.539. The van der Waals surface area contributed by atoms with E-state index in [9.17, 15) is 9.59 Å². The normalized spacial score (nSPS) is 18.8.